The van der Waals surface area contributed by atoms with Gasteiger partial charge in [-0.25, -0.2) is 0 Å². The number of hydrogen-bond acceptors (Lipinski definition) is 5. The van der Waals surface area contributed by atoms with Gasteiger partial charge in [0, 0.05) is 19.8 Å². The zero-order chi connectivity index (χ0) is 13.1. The van der Waals surface area contributed by atoms with Gasteiger partial charge in [-0.3, -0.25) is 9.48 Å². The van der Waals surface area contributed by atoms with E-state index in [-0.39, 0.29) is 18.3 Å². The Hall–Kier alpha value is -2.09. The van der Waals surface area contributed by atoms with Gasteiger partial charge in [0.15, 0.2) is 5.84 Å². The van der Waals surface area contributed by atoms with E-state index in [0.29, 0.717) is 18.8 Å². The molecule has 0 saturated carbocycles. The second kappa shape index (κ2) is 5.05. The van der Waals surface area contributed by atoms with Crippen molar-refractivity contribution in [1.29, 1.82) is 0 Å². The maximum Gasteiger partial charge on any atom is 0.274 e. The standard InChI is InChI=1S/C10H15N5O3/c1-14-3-2-7(12-14)10(16)15-4-5-18-8(6-15)9(11)13-17/h2-3,8,17H,4-6H2,1H3,(H2,11,13). The third-order valence-corrected chi connectivity index (χ3v) is 2.73. The molecule has 18 heavy (non-hydrogen) atoms. The number of hydrogen-bond donors (Lipinski definition) is 2. The molecule has 1 saturated heterocycles. The lowest BCUT2D eigenvalue weighted by atomic mass is 10.2. The fourth-order valence-electron chi connectivity index (χ4n) is 1.77. The molecule has 3 N–H and O–H groups in total. The number of ether oxygens (including phenoxy) is 1. The minimum absolute atomic E-state index is 0.0338. The molecule has 0 spiro atoms. The van der Waals surface area contributed by atoms with Crippen LogP contribution in [-0.2, 0) is 11.8 Å². The number of carbonyl (C=O) groups excluding carboxylic acids is 1. The summed E-state index contributed by atoms with van der Waals surface area (Å²) in [6.45, 7) is 1.06. The molecular weight excluding hydrogens is 238 g/mol. The van der Waals surface area contributed by atoms with Gasteiger partial charge in [-0.05, 0) is 6.07 Å². The molecule has 0 radical (unpaired) electrons. The lowest BCUT2D eigenvalue weighted by molar-refractivity contribution is 0.00645. The maximum absolute atomic E-state index is 12.1. The number of nitrogens with zero attached hydrogens (tertiary/aromatic N) is 4. The average molecular weight is 253 g/mol. The molecule has 0 aromatic carbocycles. The fraction of sp³-hybridized carbons (Fsp3) is 0.500. The Morgan fingerprint density at radius 2 is 2.50 bits per heavy atom. The van der Waals surface area contributed by atoms with Crippen LogP contribution in [0, 0.1) is 0 Å². The summed E-state index contributed by atoms with van der Waals surface area (Å²) in [6, 6.07) is 1.65. The highest BCUT2D eigenvalue weighted by Gasteiger charge is 2.28. The summed E-state index contributed by atoms with van der Waals surface area (Å²) in [7, 11) is 1.75. The average Bonchev–Trinajstić information content (AvgIpc) is 2.83. The number of morpholine rings is 1. The van der Waals surface area contributed by atoms with Crippen LogP contribution in [0.15, 0.2) is 17.4 Å². The number of aryl methyl sites for hydroxylation is 1. The van der Waals surface area contributed by atoms with Gasteiger partial charge >= 0.3 is 0 Å². The van der Waals surface area contributed by atoms with Crippen molar-refractivity contribution in [1.82, 2.24) is 14.7 Å². The van der Waals surface area contributed by atoms with E-state index in [4.69, 9.17) is 15.7 Å². The number of carbonyl (C=O) groups is 1. The molecule has 1 fully saturated rings. The van der Waals surface area contributed by atoms with Crippen molar-refractivity contribution < 1.29 is 14.7 Å². The van der Waals surface area contributed by atoms with Crippen LogP contribution < -0.4 is 5.73 Å². The van der Waals surface area contributed by atoms with Crippen LogP contribution in [0.1, 0.15) is 10.5 Å². The smallest absolute Gasteiger partial charge is 0.274 e. The highest BCUT2D eigenvalue weighted by atomic mass is 16.5. The first kappa shape index (κ1) is 12.4. The SMILES string of the molecule is Cn1ccc(C(=O)N2CCOC(/C(N)=N/O)C2)n1. The van der Waals surface area contributed by atoms with E-state index in [1.807, 2.05) is 0 Å². The molecular formula is C10H15N5O3. The number of aromatic nitrogens is 2. The third kappa shape index (κ3) is 2.43. The van der Waals surface area contributed by atoms with Crippen LogP contribution in [0.4, 0.5) is 0 Å². The number of nitrogens with two attached hydrogens (primary N) is 1. The Morgan fingerprint density at radius 3 is 3.11 bits per heavy atom. The molecule has 0 aliphatic carbocycles. The summed E-state index contributed by atoms with van der Waals surface area (Å²) in [5.74, 6) is -0.219. The molecule has 1 amide bonds. The van der Waals surface area contributed by atoms with E-state index in [1.54, 1.807) is 28.9 Å². The Kier molecular flexibility index (Phi) is 3.47. The lowest BCUT2D eigenvalue weighted by Crippen LogP contribution is -2.50. The van der Waals surface area contributed by atoms with Gasteiger partial charge in [0.1, 0.15) is 11.8 Å². The Balaban J connectivity index is 2.07. The van der Waals surface area contributed by atoms with Gasteiger partial charge in [0.2, 0.25) is 0 Å². The quantitative estimate of drug-likeness (QED) is 0.304. The lowest BCUT2D eigenvalue weighted by Gasteiger charge is -2.31. The third-order valence-electron chi connectivity index (χ3n) is 2.73. The number of oxime groups is 1. The summed E-state index contributed by atoms with van der Waals surface area (Å²) >= 11 is 0. The fourth-order valence-corrected chi connectivity index (χ4v) is 1.77. The summed E-state index contributed by atoms with van der Waals surface area (Å²) in [4.78, 5) is 13.7. The van der Waals surface area contributed by atoms with E-state index in [0.717, 1.165) is 0 Å². The first-order chi connectivity index (χ1) is 8.61. The Morgan fingerprint density at radius 1 is 1.72 bits per heavy atom. The van der Waals surface area contributed by atoms with Crippen LogP contribution in [0.5, 0.6) is 0 Å². The normalized spacial score (nSPS) is 21.1. The van der Waals surface area contributed by atoms with Crippen LogP contribution >= 0.6 is 0 Å². The zero-order valence-electron chi connectivity index (χ0n) is 9.98. The molecule has 8 heteroatoms. The van der Waals surface area contributed by atoms with E-state index in [1.165, 1.54) is 0 Å². The van der Waals surface area contributed by atoms with Crippen LogP contribution in [0.3, 0.4) is 0 Å². The largest absolute Gasteiger partial charge is 0.409 e. The van der Waals surface area contributed by atoms with Gasteiger partial charge in [-0.15, -0.1) is 0 Å². The maximum atomic E-state index is 12.1. The number of amidine groups is 1. The molecule has 1 aliphatic heterocycles. The highest BCUT2D eigenvalue weighted by Crippen LogP contribution is 2.09. The Bertz CT molecular complexity index is 470. The molecule has 1 atom stereocenters. The van der Waals surface area contributed by atoms with E-state index < -0.39 is 6.10 Å². The van der Waals surface area contributed by atoms with Crippen LogP contribution in [0.2, 0.25) is 0 Å². The molecule has 1 unspecified atom stereocenters. The number of amides is 1. The van der Waals surface area contributed by atoms with Gasteiger partial charge in [-0.1, -0.05) is 5.16 Å². The summed E-state index contributed by atoms with van der Waals surface area (Å²) in [6.07, 6.45) is 1.13. The Labute approximate surface area is 104 Å². The summed E-state index contributed by atoms with van der Waals surface area (Å²) < 4.78 is 6.88. The second-order valence-corrected chi connectivity index (χ2v) is 4.01. The molecule has 2 heterocycles. The number of rotatable bonds is 2. The molecule has 98 valence electrons. The van der Waals surface area contributed by atoms with Crippen molar-refractivity contribution in [3.8, 4) is 0 Å². The molecule has 1 aromatic rings. The van der Waals surface area contributed by atoms with Gasteiger partial charge < -0.3 is 20.6 Å². The van der Waals surface area contributed by atoms with E-state index in [9.17, 15) is 4.79 Å². The molecule has 1 aromatic heterocycles. The highest BCUT2D eigenvalue weighted by molar-refractivity contribution is 5.93. The van der Waals surface area contributed by atoms with Crippen molar-refractivity contribution in [2.75, 3.05) is 19.7 Å². The van der Waals surface area contributed by atoms with E-state index >= 15 is 0 Å². The van der Waals surface area contributed by atoms with Crippen LogP contribution in [-0.4, -0.2) is 57.4 Å². The summed E-state index contributed by atoms with van der Waals surface area (Å²) in [5.41, 5.74) is 5.84. The topological polar surface area (TPSA) is 106 Å². The first-order valence-electron chi connectivity index (χ1n) is 5.49. The molecule has 1 aliphatic rings. The van der Waals surface area contributed by atoms with Crippen LogP contribution in [0.25, 0.3) is 0 Å². The molecule has 0 bridgehead atoms. The minimum atomic E-state index is -0.573. The predicted molar refractivity (Wildman–Crippen MR) is 62.3 cm³/mol. The van der Waals surface area contributed by atoms with Crippen molar-refractivity contribution in [2.45, 2.75) is 6.10 Å². The van der Waals surface area contributed by atoms with Crippen molar-refractivity contribution in [3.05, 3.63) is 18.0 Å². The first-order valence-corrected chi connectivity index (χ1v) is 5.49. The van der Waals surface area contributed by atoms with Gasteiger partial charge in [0.25, 0.3) is 5.91 Å². The van der Waals surface area contributed by atoms with Gasteiger partial charge in [0.05, 0.1) is 13.2 Å². The van der Waals surface area contributed by atoms with E-state index in [2.05, 4.69) is 10.3 Å². The molecule has 2 rings (SSSR count). The van der Waals surface area contributed by atoms with Crippen molar-refractivity contribution >= 4 is 11.7 Å². The van der Waals surface area contributed by atoms with Crippen molar-refractivity contribution in [2.24, 2.45) is 17.9 Å². The van der Waals surface area contributed by atoms with Crippen molar-refractivity contribution in [3.63, 3.8) is 0 Å². The summed E-state index contributed by atoms with van der Waals surface area (Å²) in [5, 5.41) is 15.5. The zero-order valence-corrected chi connectivity index (χ0v) is 9.98. The molecule has 8 nitrogen and oxygen atoms in total. The second-order valence-electron chi connectivity index (χ2n) is 4.01. The minimum Gasteiger partial charge on any atom is -0.409 e. The van der Waals surface area contributed by atoms with Gasteiger partial charge in [-0.2, -0.15) is 5.10 Å². The monoisotopic (exact) mass is 253 g/mol. The predicted octanol–water partition coefficient (Wildman–Crippen LogP) is -0.992.